The lowest BCUT2D eigenvalue weighted by Crippen LogP contribution is -2.76. The number of carbonyl (C=O) groups is 3. The number of carbonyl (C=O) groups excluding carboxylic acids is 2. The maximum atomic E-state index is 13.0. The van der Waals surface area contributed by atoms with Gasteiger partial charge in [0.1, 0.15) is 5.60 Å². The molecule has 9 nitrogen and oxygen atoms in total. The molecule has 3 saturated carbocycles. The predicted molar refractivity (Wildman–Crippen MR) is 97.9 cm³/mol. The first-order valence-electron chi connectivity index (χ1n) is 9.81. The maximum Gasteiger partial charge on any atom is 0.411 e. The number of nitrogens with zero attached hydrogens (tertiary/aromatic N) is 3. The molecule has 9 heteroatoms. The quantitative estimate of drug-likeness (QED) is 0.772. The number of aliphatic carboxylic acids is 1. The molecule has 0 radical (unpaired) electrons. The maximum absolute atomic E-state index is 13.0. The molecule has 0 spiro atoms. The number of fused-ring (bicyclic) bond motifs is 1. The van der Waals surface area contributed by atoms with E-state index in [1.165, 1.54) is 4.90 Å². The molecule has 0 aromatic rings. The van der Waals surface area contributed by atoms with Crippen molar-refractivity contribution in [3.63, 3.8) is 0 Å². The van der Waals surface area contributed by atoms with Crippen LogP contribution in [0.2, 0.25) is 0 Å². The normalized spacial score (nSPS) is 36.6. The third kappa shape index (κ3) is 2.74. The molecule has 0 aromatic carbocycles. The van der Waals surface area contributed by atoms with Crippen molar-refractivity contribution in [2.75, 3.05) is 33.4 Å². The van der Waals surface area contributed by atoms with Crippen LogP contribution in [0.3, 0.4) is 0 Å². The molecular weight excluding hydrogens is 366 g/mol. The molecule has 2 heterocycles. The predicted octanol–water partition coefficient (Wildman–Crippen LogP) is 1.37. The first-order valence-corrected chi connectivity index (χ1v) is 9.81. The van der Waals surface area contributed by atoms with E-state index < -0.39 is 29.7 Å². The van der Waals surface area contributed by atoms with Gasteiger partial charge in [-0.25, -0.2) is 14.4 Å². The summed E-state index contributed by atoms with van der Waals surface area (Å²) in [5, 5.41) is 9.85. The lowest BCUT2D eigenvalue weighted by atomic mass is 9.39. The number of urea groups is 1. The molecule has 2 aliphatic heterocycles. The van der Waals surface area contributed by atoms with Crippen LogP contribution in [0.15, 0.2) is 0 Å². The van der Waals surface area contributed by atoms with E-state index in [0.717, 1.165) is 19.3 Å². The minimum absolute atomic E-state index is 0.106. The number of rotatable bonds is 4. The summed E-state index contributed by atoms with van der Waals surface area (Å²) < 4.78 is 10.7. The van der Waals surface area contributed by atoms with E-state index in [0.29, 0.717) is 19.7 Å². The van der Waals surface area contributed by atoms with Gasteiger partial charge in [0.15, 0.2) is 6.04 Å². The third-order valence-electron chi connectivity index (χ3n) is 6.54. The number of carboxylic acids is 1. The van der Waals surface area contributed by atoms with Gasteiger partial charge in [-0.2, -0.15) is 0 Å². The number of hydrogen-bond acceptors (Lipinski definition) is 5. The van der Waals surface area contributed by atoms with Gasteiger partial charge in [-0.3, -0.25) is 4.90 Å². The Balaban J connectivity index is 1.51. The Morgan fingerprint density at radius 3 is 2.39 bits per heavy atom. The van der Waals surface area contributed by atoms with Crippen LogP contribution < -0.4 is 0 Å². The van der Waals surface area contributed by atoms with Crippen LogP contribution in [0.4, 0.5) is 9.59 Å². The van der Waals surface area contributed by atoms with Gasteiger partial charge in [0.2, 0.25) is 0 Å². The number of piperazine rings is 1. The Kier molecular flexibility index (Phi) is 4.12. The fourth-order valence-electron chi connectivity index (χ4n) is 5.66. The van der Waals surface area contributed by atoms with Crippen LogP contribution >= 0.6 is 0 Å². The Morgan fingerprint density at radius 1 is 1.21 bits per heavy atom. The van der Waals surface area contributed by atoms with Crippen molar-refractivity contribution in [3.8, 4) is 0 Å². The van der Waals surface area contributed by atoms with Crippen molar-refractivity contribution in [1.29, 1.82) is 0 Å². The van der Waals surface area contributed by atoms with E-state index in [4.69, 9.17) is 9.47 Å². The molecule has 0 aromatic heterocycles. The van der Waals surface area contributed by atoms with E-state index in [1.54, 1.807) is 32.8 Å². The number of methoxy groups -OCH3 is 1. The van der Waals surface area contributed by atoms with E-state index in [9.17, 15) is 19.5 Å². The van der Waals surface area contributed by atoms with Crippen LogP contribution in [0.25, 0.3) is 0 Å². The van der Waals surface area contributed by atoms with Crippen molar-refractivity contribution in [3.05, 3.63) is 0 Å². The number of hydrogen-bond donors (Lipinski definition) is 1. The van der Waals surface area contributed by atoms with Crippen molar-refractivity contribution < 1.29 is 29.0 Å². The molecule has 2 bridgehead atoms. The van der Waals surface area contributed by atoms with Crippen LogP contribution in [0.1, 0.15) is 40.0 Å². The summed E-state index contributed by atoms with van der Waals surface area (Å²) in [5.41, 5.74) is -0.685. The fourth-order valence-corrected chi connectivity index (χ4v) is 5.66. The highest BCUT2D eigenvalue weighted by Crippen LogP contribution is 2.70. The zero-order valence-electron chi connectivity index (χ0n) is 16.9. The van der Waals surface area contributed by atoms with Gasteiger partial charge < -0.3 is 24.4 Å². The van der Waals surface area contributed by atoms with Crippen LogP contribution in [0, 0.1) is 5.41 Å². The highest BCUT2D eigenvalue weighted by molar-refractivity contribution is 5.86. The Hall–Kier alpha value is -2.03. The van der Waals surface area contributed by atoms with Crippen molar-refractivity contribution in [1.82, 2.24) is 14.7 Å². The Bertz CT molecular complexity index is 697. The Morgan fingerprint density at radius 2 is 1.86 bits per heavy atom. The van der Waals surface area contributed by atoms with Gasteiger partial charge >= 0.3 is 18.1 Å². The minimum atomic E-state index is -1.11. The summed E-state index contributed by atoms with van der Waals surface area (Å²) in [6.45, 7) is 6.75. The molecule has 2 saturated heterocycles. The molecule has 156 valence electrons. The van der Waals surface area contributed by atoms with Crippen molar-refractivity contribution in [2.45, 2.75) is 63.3 Å². The van der Waals surface area contributed by atoms with E-state index in [1.807, 2.05) is 4.90 Å². The molecule has 3 aliphatic carbocycles. The summed E-state index contributed by atoms with van der Waals surface area (Å²) in [7, 11) is 1.69. The third-order valence-corrected chi connectivity index (χ3v) is 6.54. The molecular formula is C19H29N3O6. The monoisotopic (exact) mass is 395 g/mol. The first kappa shape index (κ1) is 19.3. The smallest absolute Gasteiger partial charge is 0.411 e. The zero-order chi connectivity index (χ0) is 20.5. The second kappa shape index (κ2) is 5.98. The topological polar surface area (TPSA) is 99.6 Å². The molecule has 0 unspecified atom stereocenters. The summed E-state index contributed by atoms with van der Waals surface area (Å²) in [5.74, 6) is -1.11. The molecule has 1 N–H and O–H groups in total. The standard InChI is InChI=1S/C19H29N3O6/c1-17(2,3)28-16(26)21-6-5-20-12(13(21)14(23)24)7-22(15(20)25)19-8-18(9-19,10-19)11-27-4/h12-13H,5-11H2,1-4H3,(H,23,24)/t12-,13+,18?,19?/m1/s1. The van der Waals surface area contributed by atoms with E-state index in [2.05, 4.69) is 0 Å². The minimum Gasteiger partial charge on any atom is -0.480 e. The summed E-state index contributed by atoms with van der Waals surface area (Å²) >= 11 is 0. The van der Waals surface area contributed by atoms with E-state index >= 15 is 0 Å². The molecule has 3 amide bonds. The van der Waals surface area contributed by atoms with Crippen molar-refractivity contribution >= 4 is 18.1 Å². The number of carboxylic acid groups (broad SMARTS) is 1. The molecule has 28 heavy (non-hydrogen) atoms. The highest BCUT2D eigenvalue weighted by Gasteiger charge is 2.73. The molecule has 5 rings (SSSR count). The zero-order valence-corrected chi connectivity index (χ0v) is 16.9. The molecule has 5 aliphatic rings. The average Bonchev–Trinajstić information content (AvgIpc) is 2.83. The van der Waals surface area contributed by atoms with Crippen LogP contribution in [-0.4, -0.2) is 94.5 Å². The number of amides is 3. The second-order valence-corrected chi connectivity index (χ2v) is 9.80. The first-order chi connectivity index (χ1) is 13.0. The van der Waals surface area contributed by atoms with Gasteiger partial charge in [-0.15, -0.1) is 0 Å². The van der Waals surface area contributed by atoms with Gasteiger partial charge in [0.25, 0.3) is 0 Å². The molecule has 5 fully saturated rings. The second-order valence-electron chi connectivity index (χ2n) is 9.80. The fraction of sp³-hybridized carbons (Fsp3) is 0.842. The number of ether oxygens (including phenoxy) is 2. The summed E-state index contributed by atoms with van der Waals surface area (Å²) in [4.78, 5) is 42.4. The SMILES string of the molecule is COCC12CC(N3C[C@@H]4[C@@H](C(=O)O)N(C(=O)OC(C)(C)C)CCN4C3=O)(C1)C2. The van der Waals surface area contributed by atoms with Gasteiger partial charge in [-0.05, 0) is 40.0 Å². The lowest BCUT2D eigenvalue weighted by molar-refractivity contribution is -0.222. The molecule has 2 atom stereocenters. The lowest BCUT2D eigenvalue weighted by Gasteiger charge is -2.73. The van der Waals surface area contributed by atoms with Gasteiger partial charge in [-0.1, -0.05) is 0 Å². The highest BCUT2D eigenvalue weighted by atomic mass is 16.6. The van der Waals surface area contributed by atoms with Gasteiger partial charge in [0, 0.05) is 37.7 Å². The largest absolute Gasteiger partial charge is 0.480 e. The summed E-state index contributed by atoms with van der Waals surface area (Å²) in [6, 6.07) is -1.76. The average molecular weight is 395 g/mol. The van der Waals surface area contributed by atoms with E-state index in [-0.39, 0.29) is 23.5 Å². The van der Waals surface area contributed by atoms with Crippen LogP contribution in [-0.2, 0) is 14.3 Å². The van der Waals surface area contributed by atoms with Crippen LogP contribution in [0.5, 0.6) is 0 Å². The summed E-state index contributed by atoms with van der Waals surface area (Å²) in [6.07, 6.45) is 2.09. The Labute approximate surface area is 164 Å². The van der Waals surface area contributed by atoms with Crippen molar-refractivity contribution in [2.24, 2.45) is 5.41 Å². The van der Waals surface area contributed by atoms with Gasteiger partial charge in [0.05, 0.1) is 12.6 Å².